The lowest BCUT2D eigenvalue weighted by Gasteiger charge is -2.06. The molecule has 3 heteroatoms. The van der Waals surface area contributed by atoms with E-state index in [0.29, 0.717) is 0 Å². The van der Waals surface area contributed by atoms with Crippen molar-refractivity contribution in [3.05, 3.63) is 35.4 Å². The van der Waals surface area contributed by atoms with E-state index >= 15 is 0 Å². The second-order valence-corrected chi connectivity index (χ2v) is 3.50. The highest BCUT2D eigenvalue weighted by Gasteiger charge is 1.99. The van der Waals surface area contributed by atoms with Gasteiger partial charge in [-0.1, -0.05) is 18.2 Å². The molecular formula is C13H18N2O. The number of ether oxygens (including phenoxy) is 1. The molecule has 86 valence electrons. The Morgan fingerprint density at radius 1 is 1.38 bits per heavy atom. The van der Waals surface area contributed by atoms with Crippen molar-refractivity contribution < 1.29 is 4.74 Å². The van der Waals surface area contributed by atoms with Gasteiger partial charge in [-0.05, 0) is 31.5 Å². The van der Waals surface area contributed by atoms with Crippen LogP contribution in [-0.4, -0.2) is 19.8 Å². The first-order valence-corrected chi connectivity index (χ1v) is 5.65. The van der Waals surface area contributed by atoms with Crippen LogP contribution in [0.3, 0.4) is 0 Å². The van der Waals surface area contributed by atoms with Crippen LogP contribution in [0.1, 0.15) is 24.5 Å². The number of hydrogen-bond acceptors (Lipinski definition) is 3. The number of benzene rings is 1. The highest BCUT2D eigenvalue weighted by molar-refractivity contribution is 5.37. The topological polar surface area (TPSA) is 45.0 Å². The second-order valence-electron chi connectivity index (χ2n) is 3.50. The van der Waals surface area contributed by atoms with Gasteiger partial charge in [-0.3, -0.25) is 0 Å². The Balaban J connectivity index is 2.24. The molecule has 0 radical (unpaired) electrons. The molecule has 0 saturated carbocycles. The predicted octanol–water partition coefficient (Wildman–Crippen LogP) is 2.07. The minimum absolute atomic E-state index is 0.746. The average Bonchev–Trinajstić information content (AvgIpc) is 2.34. The van der Waals surface area contributed by atoms with E-state index in [1.165, 1.54) is 0 Å². The molecule has 0 bridgehead atoms. The van der Waals surface area contributed by atoms with Crippen LogP contribution in [0.5, 0.6) is 0 Å². The Morgan fingerprint density at radius 3 is 2.94 bits per heavy atom. The van der Waals surface area contributed by atoms with Crippen LogP contribution in [0, 0.1) is 11.3 Å². The smallest absolute Gasteiger partial charge is 0.0995 e. The van der Waals surface area contributed by atoms with Gasteiger partial charge < -0.3 is 10.1 Å². The SMILES string of the molecule is CCOCCCNCc1ccccc1C#N. The minimum atomic E-state index is 0.746. The van der Waals surface area contributed by atoms with Gasteiger partial charge in [0.1, 0.15) is 0 Å². The van der Waals surface area contributed by atoms with Gasteiger partial charge in [0.25, 0.3) is 0 Å². The molecule has 0 heterocycles. The molecular weight excluding hydrogens is 200 g/mol. The molecule has 0 aliphatic carbocycles. The van der Waals surface area contributed by atoms with Gasteiger partial charge in [0.15, 0.2) is 0 Å². The van der Waals surface area contributed by atoms with Crippen LogP contribution in [0.15, 0.2) is 24.3 Å². The molecule has 0 unspecified atom stereocenters. The average molecular weight is 218 g/mol. The third kappa shape index (κ3) is 4.43. The first kappa shape index (κ1) is 12.7. The lowest BCUT2D eigenvalue weighted by Crippen LogP contribution is -2.17. The number of nitrogens with one attached hydrogen (secondary N) is 1. The summed E-state index contributed by atoms with van der Waals surface area (Å²) in [5, 5.41) is 12.2. The summed E-state index contributed by atoms with van der Waals surface area (Å²) < 4.78 is 5.24. The van der Waals surface area contributed by atoms with Crippen molar-refractivity contribution in [1.82, 2.24) is 5.32 Å². The summed E-state index contributed by atoms with van der Waals surface area (Å²) >= 11 is 0. The van der Waals surface area contributed by atoms with Crippen molar-refractivity contribution in [2.45, 2.75) is 19.9 Å². The Labute approximate surface area is 97.0 Å². The summed E-state index contributed by atoms with van der Waals surface area (Å²) in [4.78, 5) is 0. The standard InChI is InChI=1S/C13H18N2O/c1-2-16-9-5-8-15-11-13-7-4-3-6-12(13)10-14/h3-4,6-7,15H,2,5,8-9,11H2,1H3. The third-order valence-electron chi connectivity index (χ3n) is 2.30. The fraction of sp³-hybridized carbons (Fsp3) is 0.462. The molecule has 0 spiro atoms. The van der Waals surface area contributed by atoms with Gasteiger partial charge in [-0.15, -0.1) is 0 Å². The van der Waals surface area contributed by atoms with Gasteiger partial charge in [-0.2, -0.15) is 5.26 Å². The zero-order valence-corrected chi connectivity index (χ0v) is 9.70. The monoisotopic (exact) mass is 218 g/mol. The number of nitrogens with zero attached hydrogens (tertiary/aromatic N) is 1. The Hall–Kier alpha value is -1.37. The lowest BCUT2D eigenvalue weighted by molar-refractivity contribution is 0.144. The zero-order valence-electron chi connectivity index (χ0n) is 9.70. The van der Waals surface area contributed by atoms with Gasteiger partial charge in [0, 0.05) is 19.8 Å². The molecule has 0 aliphatic heterocycles. The Morgan fingerprint density at radius 2 is 2.19 bits per heavy atom. The highest BCUT2D eigenvalue weighted by atomic mass is 16.5. The summed E-state index contributed by atoms with van der Waals surface area (Å²) in [7, 11) is 0. The third-order valence-corrected chi connectivity index (χ3v) is 2.30. The molecule has 1 N–H and O–H groups in total. The fourth-order valence-electron chi connectivity index (χ4n) is 1.45. The summed E-state index contributed by atoms with van der Waals surface area (Å²) in [6.45, 7) is 5.23. The molecule has 1 aromatic carbocycles. The lowest BCUT2D eigenvalue weighted by atomic mass is 10.1. The van der Waals surface area contributed by atoms with E-state index in [9.17, 15) is 0 Å². The van der Waals surface area contributed by atoms with E-state index in [1.54, 1.807) is 0 Å². The highest BCUT2D eigenvalue weighted by Crippen LogP contribution is 2.06. The molecule has 1 aromatic rings. The van der Waals surface area contributed by atoms with Crippen LogP contribution in [0.25, 0.3) is 0 Å². The van der Waals surface area contributed by atoms with Crippen LogP contribution in [-0.2, 0) is 11.3 Å². The van der Waals surface area contributed by atoms with Crippen molar-refractivity contribution in [1.29, 1.82) is 5.26 Å². The Kier molecular flexibility index (Phi) is 6.24. The van der Waals surface area contributed by atoms with Crippen LogP contribution in [0.4, 0.5) is 0 Å². The van der Waals surface area contributed by atoms with Gasteiger partial charge in [0.05, 0.1) is 11.6 Å². The van der Waals surface area contributed by atoms with Gasteiger partial charge in [0.2, 0.25) is 0 Å². The normalized spacial score (nSPS) is 10.0. The molecule has 0 atom stereocenters. The summed E-state index contributed by atoms with van der Waals surface area (Å²) in [5.74, 6) is 0. The number of nitriles is 1. The first-order chi connectivity index (χ1) is 7.88. The number of hydrogen-bond donors (Lipinski definition) is 1. The zero-order chi connectivity index (χ0) is 11.6. The van der Waals surface area contributed by atoms with Crippen molar-refractivity contribution in [2.75, 3.05) is 19.8 Å². The molecule has 3 nitrogen and oxygen atoms in total. The molecule has 0 amide bonds. The predicted molar refractivity (Wildman–Crippen MR) is 64.0 cm³/mol. The molecule has 1 rings (SSSR count). The first-order valence-electron chi connectivity index (χ1n) is 5.65. The molecule has 0 aromatic heterocycles. The van der Waals surface area contributed by atoms with Crippen LogP contribution < -0.4 is 5.32 Å². The summed E-state index contributed by atoms with van der Waals surface area (Å²) in [6, 6.07) is 9.86. The van der Waals surface area contributed by atoms with E-state index in [-0.39, 0.29) is 0 Å². The molecule has 16 heavy (non-hydrogen) atoms. The van der Waals surface area contributed by atoms with Crippen molar-refractivity contribution >= 4 is 0 Å². The van der Waals surface area contributed by atoms with Gasteiger partial charge in [-0.25, -0.2) is 0 Å². The van der Waals surface area contributed by atoms with E-state index in [1.807, 2.05) is 31.2 Å². The maximum absolute atomic E-state index is 8.89. The minimum Gasteiger partial charge on any atom is -0.382 e. The molecule has 0 aliphatic rings. The molecule has 0 saturated heterocycles. The van der Waals surface area contributed by atoms with Crippen molar-refractivity contribution in [3.63, 3.8) is 0 Å². The van der Waals surface area contributed by atoms with Crippen LogP contribution in [0.2, 0.25) is 0 Å². The second kappa shape index (κ2) is 7.86. The van der Waals surface area contributed by atoms with E-state index in [0.717, 1.165) is 43.9 Å². The van der Waals surface area contributed by atoms with Crippen molar-refractivity contribution in [2.24, 2.45) is 0 Å². The Bertz CT molecular complexity index is 344. The fourth-order valence-corrected chi connectivity index (χ4v) is 1.45. The van der Waals surface area contributed by atoms with Crippen molar-refractivity contribution in [3.8, 4) is 6.07 Å². The largest absolute Gasteiger partial charge is 0.382 e. The number of rotatable bonds is 7. The quantitative estimate of drug-likeness (QED) is 0.713. The molecule has 0 fully saturated rings. The van der Waals surface area contributed by atoms with Gasteiger partial charge >= 0.3 is 0 Å². The summed E-state index contributed by atoms with van der Waals surface area (Å²) in [5.41, 5.74) is 1.81. The summed E-state index contributed by atoms with van der Waals surface area (Å²) in [6.07, 6.45) is 1.00. The van der Waals surface area contributed by atoms with E-state index in [4.69, 9.17) is 10.00 Å². The van der Waals surface area contributed by atoms with E-state index in [2.05, 4.69) is 11.4 Å². The van der Waals surface area contributed by atoms with Crippen LogP contribution >= 0.6 is 0 Å². The maximum Gasteiger partial charge on any atom is 0.0995 e. The van der Waals surface area contributed by atoms with E-state index < -0.39 is 0 Å². The maximum atomic E-state index is 8.89.